The highest BCUT2D eigenvalue weighted by atomic mass is 16.5. The van der Waals surface area contributed by atoms with Gasteiger partial charge in [0, 0.05) is 6.07 Å². The minimum Gasteiger partial charge on any atom is -0.507 e. The van der Waals surface area contributed by atoms with Gasteiger partial charge in [0.1, 0.15) is 17.1 Å². The molecule has 0 heterocycles. The summed E-state index contributed by atoms with van der Waals surface area (Å²) in [6.45, 7) is 1.66. The molecule has 6 heteroatoms. The third-order valence-corrected chi connectivity index (χ3v) is 5.19. The van der Waals surface area contributed by atoms with Gasteiger partial charge in [-0.3, -0.25) is 4.79 Å². The molecule has 0 spiro atoms. The van der Waals surface area contributed by atoms with Crippen LogP contribution in [0.15, 0.2) is 18.2 Å². The summed E-state index contributed by atoms with van der Waals surface area (Å²) in [5, 5.41) is 18.5. The van der Waals surface area contributed by atoms with Gasteiger partial charge in [0.05, 0.1) is 13.2 Å². The molecule has 0 amide bonds. The fraction of sp³-hybridized carbons (Fsp3) is 0.667. The van der Waals surface area contributed by atoms with Gasteiger partial charge in [0.2, 0.25) is 0 Å². The van der Waals surface area contributed by atoms with Gasteiger partial charge in [-0.1, -0.05) is 77.0 Å². The van der Waals surface area contributed by atoms with E-state index in [9.17, 15) is 14.7 Å². The Kier molecular flexibility index (Phi) is 15.1. The molecular formula is C24H38O6. The highest BCUT2D eigenvalue weighted by Gasteiger charge is 2.09. The van der Waals surface area contributed by atoms with E-state index >= 15 is 0 Å². The first kappa shape index (κ1) is 25.8. The fourth-order valence-electron chi connectivity index (χ4n) is 3.43. The van der Waals surface area contributed by atoms with Gasteiger partial charge < -0.3 is 19.7 Å². The fourth-order valence-corrected chi connectivity index (χ4v) is 3.43. The molecule has 0 aliphatic heterocycles. The Balaban J connectivity index is 1.83. The summed E-state index contributed by atoms with van der Waals surface area (Å²) in [6.07, 6.45) is 17.1. The Morgan fingerprint density at radius 3 is 1.67 bits per heavy atom. The summed E-state index contributed by atoms with van der Waals surface area (Å²) in [7, 11) is 0. The number of rotatable bonds is 20. The molecule has 1 aromatic carbocycles. The average molecular weight is 423 g/mol. The highest BCUT2D eigenvalue weighted by molar-refractivity contribution is 5.90. The molecule has 0 saturated carbocycles. The van der Waals surface area contributed by atoms with Crippen LogP contribution in [0.2, 0.25) is 0 Å². The number of phenols is 1. The molecule has 0 radical (unpaired) electrons. The number of unbranched alkanes of at least 4 members (excludes halogenated alkanes) is 13. The summed E-state index contributed by atoms with van der Waals surface area (Å²) in [6, 6.07) is 4.29. The third-order valence-electron chi connectivity index (χ3n) is 5.19. The lowest BCUT2D eigenvalue weighted by molar-refractivity contribution is -0.128. The van der Waals surface area contributed by atoms with E-state index in [2.05, 4.69) is 4.74 Å². The second-order valence-corrected chi connectivity index (χ2v) is 7.75. The zero-order valence-electron chi connectivity index (χ0n) is 18.2. The zero-order chi connectivity index (χ0) is 21.9. The van der Waals surface area contributed by atoms with Crippen LogP contribution in [0.3, 0.4) is 0 Å². The van der Waals surface area contributed by atoms with Crippen LogP contribution >= 0.6 is 0 Å². The molecule has 0 fully saturated rings. The first-order chi connectivity index (χ1) is 14.6. The SMILES string of the molecule is O=COCCCCCCCCCCCCCCCCOc1ccc(C(=O)O)c(O)c1. The van der Waals surface area contributed by atoms with Crippen LogP contribution in [0.5, 0.6) is 11.5 Å². The van der Waals surface area contributed by atoms with Gasteiger partial charge in [-0.25, -0.2) is 4.79 Å². The molecule has 0 aliphatic rings. The molecule has 170 valence electrons. The molecule has 1 rings (SSSR count). The topological polar surface area (TPSA) is 93.1 Å². The number of hydrogen-bond acceptors (Lipinski definition) is 5. The second-order valence-electron chi connectivity index (χ2n) is 7.75. The standard InChI is InChI=1S/C24H38O6/c25-20-29-17-13-11-9-7-5-3-1-2-4-6-8-10-12-14-18-30-21-15-16-22(24(27)28)23(26)19-21/h15-16,19-20,26H,1-14,17-18H2,(H,27,28). The Morgan fingerprint density at radius 2 is 1.23 bits per heavy atom. The quantitative estimate of drug-likeness (QED) is 0.195. The summed E-state index contributed by atoms with van der Waals surface area (Å²) >= 11 is 0. The van der Waals surface area contributed by atoms with E-state index in [1.807, 2.05) is 0 Å². The van der Waals surface area contributed by atoms with Crippen molar-refractivity contribution in [3.63, 3.8) is 0 Å². The van der Waals surface area contributed by atoms with Crippen molar-refractivity contribution < 1.29 is 29.3 Å². The second kappa shape index (κ2) is 17.6. The minimum atomic E-state index is -1.14. The molecule has 0 saturated heterocycles. The Bertz CT molecular complexity index is 587. The van der Waals surface area contributed by atoms with Crippen LogP contribution in [0.25, 0.3) is 0 Å². The van der Waals surface area contributed by atoms with Gasteiger partial charge >= 0.3 is 5.97 Å². The number of aromatic hydroxyl groups is 1. The number of carboxylic acid groups (broad SMARTS) is 1. The van der Waals surface area contributed by atoms with Crippen LogP contribution < -0.4 is 4.74 Å². The molecule has 2 N–H and O–H groups in total. The van der Waals surface area contributed by atoms with Crippen molar-refractivity contribution in [2.45, 2.75) is 89.9 Å². The molecule has 0 aromatic heterocycles. The lowest BCUT2D eigenvalue weighted by atomic mass is 10.0. The molecule has 6 nitrogen and oxygen atoms in total. The summed E-state index contributed by atoms with van der Waals surface area (Å²) in [5.41, 5.74) is -0.111. The first-order valence-corrected chi connectivity index (χ1v) is 11.4. The van der Waals surface area contributed by atoms with Gasteiger partial charge in [-0.05, 0) is 25.0 Å². The molecule has 0 unspecified atom stereocenters. The lowest BCUT2D eigenvalue weighted by Gasteiger charge is -2.08. The monoisotopic (exact) mass is 422 g/mol. The van der Waals surface area contributed by atoms with Gasteiger partial charge in [-0.2, -0.15) is 0 Å². The smallest absolute Gasteiger partial charge is 0.339 e. The van der Waals surface area contributed by atoms with Crippen LogP contribution in [0.4, 0.5) is 0 Å². The number of ether oxygens (including phenoxy) is 2. The normalized spacial score (nSPS) is 10.7. The largest absolute Gasteiger partial charge is 0.507 e. The van der Waals surface area contributed by atoms with Crippen molar-refractivity contribution in [3.05, 3.63) is 23.8 Å². The molecule has 0 atom stereocenters. The van der Waals surface area contributed by atoms with Crippen molar-refractivity contribution in [3.8, 4) is 11.5 Å². The van der Waals surface area contributed by atoms with E-state index in [1.165, 1.54) is 76.3 Å². The average Bonchev–Trinajstić information content (AvgIpc) is 2.72. The van der Waals surface area contributed by atoms with E-state index in [0.717, 1.165) is 25.7 Å². The van der Waals surface area contributed by atoms with E-state index < -0.39 is 5.97 Å². The number of aromatic carboxylic acids is 1. The van der Waals surface area contributed by atoms with Gasteiger partial charge in [0.15, 0.2) is 0 Å². The number of carbonyl (C=O) groups is 2. The van der Waals surface area contributed by atoms with Crippen LogP contribution in [0, 0.1) is 0 Å². The Hall–Kier alpha value is -2.24. The maximum absolute atomic E-state index is 10.9. The number of hydrogen-bond donors (Lipinski definition) is 2. The molecule has 0 bridgehead atoms. The van der Waals surface area contributed by atoms with Crippen LogP contribution in [-0.4, -0.2) is 35.9 Å². The van der Waals surface area contributed by atoms with Crippen molar-refractivity contribution in [1.29, 1.82) is 0 Å². The van der Waals surface area contributed by atoms with Gasteiger partial charge in [-0.15, -0.1) is 0 Å². The zero-order valence-corrected chi connectivity index (χ0v) is 18.2. The molecule has 30 heavy (non-hydrogen) atoms. The lowest BCUT2D eigenvalue weighted by Crippen LogP contribution is -2.00. The Labute approximate surface area is 180 Å². The number of benzene rings is 1. The highest BCUT2D eigenvalue weighted by Crippen LogP contribution is 2.23. The molecule has 0 aliphatic carbocycles. The Morgan fingerprint density at radius 1 is 0.767 bits per heavy atom. The molecule has 1 aromatic rings. The predicted molar refractivity (Wildman–Crippen MR) is 117 cm³/mol. The summed E-state index contributed by atoms with van der Waals surface area (Å²) < 4.78 is 10.2. The van der Waals surface area contributed by atoms with E-state index in [1.54, 1.807) is 6.07 Å². The molecular weight excluding hydrogens is 384 g/mol. The van der Waals surface area contributed by atoms with Crippen molar-refractivity contribution >= 4 is 12.4 Å². The van der Waals surface area contributed by atoms with E-state index in [4.69, 9.17) is 9.84 Å². The predicted octanol–water partition coefficient (Wildman–Crippen LogP) is 6.10. The maximum atomic E-state index is 10.9. The van der Waals surface area contributed by atoms with Crippen molar-refractivity contribution in [2.24, 2.45) is 0 Å². The summed E-state index contributed by atoms with van der Waals surface area (Å²) in [5.74, 6) is -0.904. The first-order valence-electron chi connectivity index (χ1n) is 11.4. The maximum Gasteiger partial charge on any atom is 0.339 e. The van der Waals surface area contributed by atoms with Crippen LogP contribution in [0.1, 0.15) is 100 Å². The number of carboxylic acids is 1. The number of carbonyl (C=O) groups excluding carboxylic acids is 1. The van der Waals surface area contributed by atoms with E-state index in [-0.39, 0.29) is 11.3 Å². The van der Waals surface area contributed by atoms with Gasteiger partial charge in [0.25, 0.3) is 6.47 Å². The minimum absolute atomic E-state index is 0.111. The summed E-state index contributed by atoms with van der Waals surface area (Å²) in [4.78, 5) is 20.9. The van der Waals surface area contributed by atoms with E-state index in [0.29, 0.717) is 25.4 Å². The van der Waals surface area contributed by atoms with Crippen molar-refractivity contribution in [2.75, 3.05) is 13.2 Å². The van der Waals surface area contributed by atoms with Crippen molar-refractivity contribution in [1.82, 2.24) is 0 Å². The third kappa shape index (κ3) is 13.1. The van der Waals surface area contributed by atoms with Crippen LogP contribution in [-0.2, 0) is 9.53 Å².